The maximum atomic E-state index is 13.3. The highest BCUT2D eigenvalue weighted by molar-refractivity contribution is 6.07. The Morgan fingerprint density at radius 2 is 1.77 bits per heavy atom. The first-order valence-electron chi connectivity index (χ1n) is 10.1. The second-order valence-corrected chi connectivity index (χ2v) is 8.08. The van der Waals surface area contributed by atoms with Crippen LogP contribution in [0.5, 0.6) is 0 Å². The van der Waals surface area contributed by atoms with E-state index >= 15 is 0 Å². The molecule has 0 radical (unpaired) electrons. The largest absolute Gasteiger partial charge is 0.342 e. The topological polar surface area (TPSA) is 69.7 Å². The summed E-state index contributed by atoms with van der Waals surface area (Å²) in [5, 5.41) is 2.87. The number of aryl methyl sites for hydroxylation is 1. The zero-order valence-corrected chi connectivity index (χ0v) is 16.9. The number of halogens is 1. The molecule has 2 saturated heterocycles. The van der Waals surface area contributed by atoms with Crippen LogP contribution in [0.25, 0.3) is 0 Å². The minimum atomic E-state index is -0.947. The van der Waals surface area contributed by atoms with Crippen LogP contribution in [0.2, 0.25) is 0 Å². The number of imide groups is 1. The third-order valence-corrected chi connectivity index (χ3v) is 5.92. The summed E-state index contributed by atoms with van der Waals surface area (Å²) in [7, 11) is 0. The van der Waals surface area contributed by atoms with Gasteiger partial charge in [-0.2, -0.15) is 0 Å². The Morgan fingerprint density at radius 3 is 2.43 bits per heavy atom. The van der Waals surface area contributed by atoms with Gasteiger partial charge in [-0.05, 0) is 43.0 Å². The second-order valence-electron chi connectivity index (χ2n) is 8.08. The third kappa shape index (κ3) is 3.92. The van der Waals surface area contributed by atoms with Gasteiger partial charge >= 0.3 is 6.03 Å². The van der Waals surface area contributed by atoms with E-state index in [0.717, 1.165) is 11.1 Å². The zero-order valence-electron chi connectivity index (χ0n) is 16.9. The number of hydrogen-bond donors (Lipinski definition) is 1. The zero-order chi connectivity index (χ0) is 21.3. The summed E-state index contributed by atoms with van der Waals surface area (Å²) in [5.74, 6) is -0.708. The lowest BCUT2D eigenvalue weighted by molar-refractivity contribution is -0.138. The molecule has 0 aromatic heterocycles. The van der Waals surface area contributed by atoms with Crippen LogP contribution in [-0.4, -0.2) is 46.3 Å². The van der Waals surface area contributed by atoms with Crippen molar-refractivity contribution in [3.05, 3.63) is 71.0 Å². The quantitative estimate of drug-likeness (QED) is 0.790. The van der Waals surface area contributed by atoms with E-state index < -0.39 is 5.54 Å². The van der Waals surface area contributed by atoms with Crippen molar-refractivity contribution >= 4 is 17.8 Å². The molecular formula is C23H24FN3O3. The minimum Gasteiger partial charge on any atom is -0.342 e. The Morgan fingerprint density at radius 1 is 1.07 bits per heavy atom. The first-order valence-corrected chi connectivity index (χ1v) is 10.1. The number of carbonyl (C=O) groups is 3. The third-order valence-electron chi connectivity index (χ3n) is 5.92. The standard InChI is InChI=1S/C23H24FN3O3/c1-16-5-7-17(8-6-16)15-27-21(29)23(25-22(27)30)9-11-26(12-10-23)20(28)14-18-3-2-4-19(24)13-18/h2-8,13H,9-12,14-15H2,1H3,(H,25,30). The Kier molecular flexibility index (Phi) is 5.28. The van der Waals surface area contributed by atoms with Crippen molar-refractivity contribution in [1.82, 2.24) is 15.1 Å². The molecule has 0 bridgehead atoms. The van der Waals surface area contributed by atoms with Crippen LogP contribution >= 0.6 is 0 Å². The normalized spacial score (nSPS) is 18.1. The molecule has 1 N–H and O–H groups in total. The molecule has 0 atom stereocenters. The first-order chi connectivity index (χ1) is 14.4. The lowest BCUT2D eigenvalue weighted by Crippen LogP contribution is -2.56. The minimum absolute atomic E-state index is 0.108. The fourth-order valence-electron chi connectivity index (χ4n) is 4.11. The SMILES string of the molecule is Cc1ccc(CN2C(=O)NC3(CCN(C(=O)Cc4cccc(F)c4)CC3)C2=O)cc1. The number of piperidine rings is 1. The molecule has 2 heterocycles. The van der Waals surface area contributed by atoms with Gasteiger partial charge in [0, 0.05) is 13.1 Å². The molecule has 4 amide bonds. The molecule has 2 aromatic rings. The molecule has 6 nitrogen and oxygen atoms in total. The molecule has 1 spiro atoms. The molecular weight excluding hydrogens is 385 g/mol. The maximum Gasteiger partial charge on any atom is 0.325 e. The van der Waals surface area contributed by atoms with Crippen molar-refractivity contribution in [3.63, 3.8) is 0 Å². The number of carbonyl (C=O) groups excluding carboxylic acids is 3. The highest BCUT2D eigenvalue weighted by atomic mass is 19.1. The number of nitrogens with one attached hydrogen (secondary N) is 1. The van der Waals surface area contributed by atoms with Crippen molar-refractivity contribution in [1.29, 1.82) is 0 Å². The van der Waals surface area contributed by atoms with Crippen LogP contribution in [0, 0.1) is 12.7 Å². The van der Waals surface area contributed by atoms with Crippen LogP contribution < -0.4 is 5.32 Å². The van der Waals surface area contributed by atoms with E-state index in [1.807, 2.05) is 31.2 Å². The second kappa shape index (κ2) is 7.89. The van der Waals surface area contributed by atoms with Gasteiger partial charge < -0.3 is 10.2 Å². The Bertz CT molecular complexity index is 981. The number of rotatable bonds is 4. The summed E-state index contributed by atoms with van der Waals surface area (Å²) in [6.45, 7) is 2.96. The molecule has 2 fully saturated rings. The maximum absolute atomic E-state index is 13.3. The fourth-order valence-corrected chi connectivity index (χ4v) is 4.11. The van der Waals surface area contributed by atoms with Gasteiger partial charge in [0.25, 0.3) is 5.91 Å². The number of benzene rings is 2. The number of likely N-dealkylation sites (tertiary alicyclic amines) is 1. The predicted octanol–water partition coefficient (Wildman–Crippen LogP) is 2.79. The average molecular weight is 409 g/mol. The molecule has 2 aliphatic rings. The van der Waals surface area contributed by atoms with Gasteiger partial charge in [0.05, 0.1) is 13.0 Å². The first kappa shape index (κ1) is 20.1. The van der Waals surface area contributed by atoms with Crippen molar-refractivity contribution in [3.8, 4) is 0 Å². The predicted molar refractivity (Wildman–Crippen MR) is 109 cm³/mol. The molecule has 2 aromatic carbocycles. The summed E-state index contributed by atoms with van der Waals surface area (Å²) >= 11 is 0. The molecule has 2 aliphatic heterocycles. The van der Waals surface area contributed by atoms with Gasteiger partial charge in [0.2, 0.25) is 5.91 Å². The molecule has 7 heteroatoms. The van der Waals surface area contributed by atoms with Crippen LogP contribution in [0.15, 0.2) is 48.5 Å². The molecule has 156 valence electrons. The Balaban J connectivity index is 1.38. The molecule has 0 aliphatic carbocycles. The summed E-state index contributed by atoms with van der Waals surface area (Å²) < 4.78 is 13.3. The molecule has 30 heavy (non-hydrogen) atoms. The average Bonchev–Trinajstić information content (AvgIpc) is 2.94. The smallest absolute Gasteiger partial charge is 0.325 e. The van der Waals surface area contributed by atoms with E-state index in [1.165, 1.54) is 17.0 Å². The number of amides is 4. The van der Waals surface area contributed by atoms with E-state index in [-0.39, 0.29) is 36.6 Å². The van der Waals surface area contributed by atoms with Gasteiger partial charge in [0.15, 0.2) is 0 Å². The summed E-state index contributed by atoms with van der Waals surface area (Å²) in [6, 6.07) is 13.3. The summed E-state index contributed by atoms with van der Waals surface area (Å²) in [4.78, 5) is 41.1. The van der Waals surface area contributed by atoms with Gasteiger partial charge in [-0.1, -0.05) is 42.0 Å². The number of nitrogens with zero attached hydrogens (tertiary/aromatic N) is 2. The van der Waals surface area contributed by atoms with E-state index in [4.69, 9.17) is 0 Å². The molecule has 4 rings (SSSR count). The van der Waals surface area contributed by atoms with Gasteiger partial charge in [0.1, 0.15) is 11.4 Å². The van der Waals surface area contributed by atoms with Crippen molar-refractivity contribution in [2.24, 2.45) is 0 Å². The highest BCUT2D eigenvalue weighted by Gasteiger charge is 2.52. The number of urea groups is 1. The Hall–Kier alpha value is -3.22. The lowest BCUT2D eigenvalue weighted by atomic mass is 9.87. The van der Waals surface area contributed by atoms with Gasteiger partial charge in [-0.15, -0.1) is 0 Å². The van der Waals surface area contributed by atoms with Gasteiger partial charge in [-0.3, -0.25) is 14.5 Å². The fraction of sp³-hybridized carbons (Fsp3) is 0.348. The summed E-state index contributed by atoms with van der Waals surface area (Å²) in [5.41, 5.74) is 1.68. The van der Waals surface area contributed by atoms with Crippen LogP contribution in [0.3, 0.4) is 0 Å². The van der Waals surface area contributed by atoms with E-state index in [2.05, 4.69) is 5.32 Å². The van der Waals surface area contributed by atoms with E-state index in [1.54, 1.807) is 17.0 Å². The van der Waals surface area contributed by atoms with Crippen LogP contribution in [-0.2, 0) is 22.6 Å². The summed E-state index contributed by atoms with van der Waals surface area (Å²) in [6.07, 6.45) is 0.859. The van der Waals surface area contributed by atoms with Crippen LogP contribution in [0.4, 0.5) is 9.18 Å². The van der Waals surface area contributed by atoms with E-state index in [0.29, 0.717) is 31.5 Å². The van der Waals surface area contributed by atoms with Crippen LogP contribution in [0.1, 0.15) is 29.5 Å². The van der Waals surface area contributed by atoms with Crippen molar-refractivity contribution < 1.29 is 18.8 Å². The van der Waals surface area contributed by atoms with Crippen molar-refractivity contribution in [2.75, 3.05) is 13.1 Å². The van der Waals surface area contributed by atoms with Crippen molar-refractivity contribution in [2.45, 2.75) is 38.3 Å². The Labute approximate surface area is 174 Å². The molecule has 0 unspecified atom stereocenters. The molecule has 0 saturated carbocycles. The monoisotopic (exact) mass is 409 g/mol. The lowest BCUT2D eigenvalue weighted by Gasteiger charge is -2.37. The van der Waals surface area contributed by atoms with E-state index in [9.17, 15) is 18.8 Å². The number of hydrogen-bond acceptors (Lipinski definition) is 3. The van der Waals surface area contributed by atoms with Gasteiger partial charge in [-0.25, -0.2) is 9.18 Å². The highest BCUT2D eigenvalue weighted by Crippen LogP contribution is 2.30.